The van der Waals surface area contributed by atoms with E-state index in [2.05, 4.69) is 35.4 Å². The van der Waals surface area contributed by atoms with E-state index in [0.29, 0.717) is 6.61 Å². The van der Waals surface area contributed by atoms with Crippen LogP contribution in [-0.2, 0) is 11.3 Å². The topological polar surface area (TPSA) is 32.8 Å². The molecule has 5 heteroatoms. The average molecular weight is 294 g/mol. The second kappa shape index (κ2) is 7.55. The Bertz CT molecular complexity index is 445. The van der Waals surface area contributed by atoms with E-state index < -0.39 is 0 Å². The first kappa shape index (κ1) is 15.2. The number of amides is 1. The van der Waals surface area contributed by atoms with E-state index in [0.717, 1.165) is 32.7 Å². The van der Waals surface area contributed by atoms with Gasteiger partial charge in [-0.3, -0.25) is 4.90 Å². The largest absolute Gasteiger partial charge is 0.450 e. The van der Waals surface area contributed by atoms with Crippen LogP contribution in [0.5, 0.6) is 0 Å². The monoisotopic (exact) mass is 294 g/mol. The standard InChI is InChI=1S/C15H22N2O2S/c1-3-19-15(18)17-9-7-16(8-10-17)12-13-5-4-6-14(11-13)20-2/h4-6,11H,3,7-10,12H2,1-2H3. The summed E-state index contributed by atoms with van der Waals surface area (Å²) in [5.74, 6) is 0. The summed E-state index contributed by atoms with van der Waals surface area (Å²) in [5, 5.41) is 0. The SMILES string of the molecule is CCOC(=O)N1CCN(Cc2cccc(SC)c2)CC1. The predicted octanol–water partition coefficient (Wildman–Crippen LogP) is 2.68. The smallest absolute Gasteiger partial charge is 0.409 e. The molecule has 0 atom stereocenters. The zero-order valence-electron chi connectivity index (χ0n) is 12.2. The molecule has 0 unspecified atom stereocenters. The third-order valence-electron chi connectivity index (χ3n) is 3.44. The molecule has 1 aliphatic heterocycles. The van der Waals surface area contributed by atoms with Crippen molar-refractivity contribution >= 4 is 17.9 Å². The zero-order valence-corrected chi connectivity index (χ0v) is 13.0. The summed E-state index contributed by atoms with van der Waals surface area (Å²) >= 11 is 1.77. The summed E-state index contributed by atoms with van der Waals surface area (Å²) in [4.78, 5) is 17.1. The van der Waals surface area contributed by atoms with E-state index >= 15 is 0 Å². The van der Waals surface area contributed by atoms with Crippen LogP contribution in [0.25, 0.3) is 0 Å². The number of carbonyl (C=O) groups is 1. The van der Waals surface area contributed by atoms with E-state index in [-0.39, 0.29) is 6.09 Å². The van der Waals surface area contributed by atoms with Gasteiger partial charge in [0.2, 0.25) is 0 Å². The summed E-state index contributed by atoms with van der Waals surface area (Å²) in [5.41, 5.74) is 1.33. The van der Waals surface area contributed by atoms with Gasteiger partial charge in [0, 0.05) is 37.6 Å². The Morgan fingerprint density at radius 1 is 1.30 bits per heavy atom. The molecule has 0 bridgehead atoms. The van der Waals surface area contributed by atoms with Crippen molar-refractivity contribution in [2.45, 2.75) is 18.4 Å². The predicted molar refractivity (Wildman–Crippen MR) is 82.1 cm³/mol. The molecular weight excluding hydrogens is 272 g/mol. The van der Waals surface area contributed by atoms with Gasteiger partial charge in [-0.05, 0) is 30.9 Å². The van der Waals surface area contributed by atoms with Gasteiger partial charge >= 0.3 is 6.09 Å². The van der Waals surface area contributed by atoms with Gasteiger partial charge in [-0.15, -0.1) is 11.8 Å². The van der Waals surface area contributed by atoms with Crippen LogP contribution in [0.4, 0.5) is 4.79 Å². The quantitative estimate of drug-likeness (QED) is 0.799. The highest BCUT2D eigenvalue weighted by atomic mass is 32.2. The molecule has 1 heterocycles. The van der Waals surface area contributed by atoms with E-state index in [1.807, 2.05) is 6.92 Å². The van der Waals surface area contributed by atoms with Gasteiger partial charge in [0.1, 0.15) is 0 Å². The van der Waals surface area contributed by atoms with Crippen LogP contribution in [0.3, 0.4) is 0 Å². The van der Waals surface area contributed by atoms with Crippen molar-refractivity contribution in [2.24, 2.45) is 0 Å². The number of hydrogen-bond acceptors (Lipinski definition) is 4. The Morgan fingerprint density at radius 2 is 2.05 bits per heavy atom. The minimum atomic E-state index is -0.184. The Balaban J connectivity index is 1.83. The van der Waals surface area contributed by atoms with Gasteiger partial charge in [0.05, 0.1) is 6.61 Å². The molecule has 0 aliphatic carbocycles. The summed E-state index contributed by atoms with van der Waals surface area (Å²) in [6, 6.07) is 8.64. The summed E-state index contributed by atoms with van der Waals surface area (Å²) in [7, 11) is 0. The molecule has 1 aromatic rings. The Hall–Kier alpha value is -1.20. The van der Waals surface area contributed by atoms with E-state index in [1.54, 1.807) is 16.7 Å². The highest BCUT2D eigenvalue weighted by molar-refractivity contribution is 7.98. The maximum absolute atomic E-state index is 11.6. The lowest BCUT2D eigenvalue weighted by molar-refractivity contribution is 0.0778. The van der Waals surface area contributed by atoms with Crippen LogP contribution >= 0.6 is 11.8 Å². The van der Waals surface area contributed by atoms with Crippen LogP contribution in [0, 0.1) is 0 Å². The van der Waals surface area contributed by atoms with Crippen LogP contribution in [0.2, 0.25) is 0 Å². The molecular formula is C15H22N2O2S. The molecule has 1 saturated heterocycles. The van der Waals surface area contributed by atoms with Crippen molar-refractivity contribution in [3.8, 4) is 0 Å². The number of carbonyl (C=O) groups excluding carboxylic acids is 1. The van der Waals surface area contributed by atoms with Gasteiger partial charge in [-0.1, -0.05) is 12.1 Å². The first-order chi connectivity index (χ1) is 9.72. The van der Waals surface area contributed by atoms with Crippen LogP contribution in [0.1, 0.15) is 12.5 Å². The lowest BCUT2D eigenvalue weighted by Gasteiger charge is -2.34. The normalized spacial score (nSPS) is 16.2. The number of piperazine rings is 1. The summed E-state index contributed by atoms with van der Waals surface area (Å²) in [6.45, 7) is 6.55. The van der Waals surface area contributed by atoms with Crippen LogP contribution in [-0.4, -0.2) is 54.9 Å². The molecule has 0 radical (unpaired) electrons. The molecule has 2 rings (SSSR count). The Kier molecular flexibility index (Phi) is 5.73. The van der Waals surface area contributed by atoms with Crippen molar-refractivity contribution in [1.29, 1.82) is 0 Å². The maximum Gasteiger partial charge on any atom is 0.409 e. The van der Waals surface area contributed by atoms with E-state index in [4.69, 9.17) is 4.74 Å². The minimum absolute atomic E-state index is 0.184. The van der Waals surface area contributed by atoms with E-state index in [9.17, 15) is 4.79 Å². The molecule has 1 fully saturated rings. The molecule has 1 aromatic carbocycles. The van der Waals surface area contributed by atoms with Gasteiger partial charge in [0.25, 0.3) is 0 Å². The highest BCUT2D eigenvalue weighted by Crippen LogP contribution is 2.17. The van der Waals surface area contributed by atoms with Gasteiger partial charge < -0.3 is 9.64 Å². The lowest BCUT2D eigenvalue weighted by Crippen LogP contribution is -2.48. The number of hydrogen-bond donors (Lipinski definition) is 0. The molecule has 4 nitrogen and oxygen atoms in total. The summed E-state index contributed by atoms with van der Waals surface area (Å²) in [6.07, 6.45) is 1.91. The van der Waals surface area contributed by atoms with Crippen molar-refractivity contribution in [3.05, 3.63) is 29.8 Å². The Morgan fingerprint density at radius 3 is 2.70 bits per heavy atom. The van der Waals surface area contributed by atoms with Gasteiger partial charge in [-0.2, -0.15) is 0 Å². The number of ether oxygens (including phenoxy) is 1. The molecule has 1 aliphatic rings. The van der Waals surface area contributed by atoms with E-state index in [1.165, 1.54) is 10.5 Å². The maximum atomic E-state index is 11.6. The third-order valence-corrected chi connectivity index (χ3v) is 4.16. The second-order valence-corrected chi connectivity index (χ2v) is 5.69. The fraction of sp³-hybridized carbons (Fsp3) is 0.533. The number of nitrogens with zero attached hydrogens (tertiary/aromatic N) is 2. The van der Waals surface area contributed by atoms with Crippen molar-refractivity contribution in [2.75, 3.05) is 39.0 Å². The molecule has 0 saturated carbocycles. The number of benzene rings is 1. The van der Waals surface area contributed by atoms with Crippen LogP contribution in [0.15, 0.2) is 29.2 Å². The minimum Gasteiger partial charge on any atom is -0.450 e. The first-order valence-electron chi connectivity index (χ1n) is 7.00. The second-order valence-electron chi connectivity index (χ2n) is 4.81. The van der Waals surface area contributed by atoms with Gasteiger partial charge in [-0.25, -0.2) is 4.79 Å². The summed E-state index contributed by atoms with van der Waals surface area (Å²) < 4.78 is 5.03. The highest BCUT2D eigenvalue weighted by Gasteiger charge is 2.21. The number of rotatable bonds is 4. The molecule has 0 aromatic heterocycles. The van der Waals surface area contributed by atoms with Gasteiger partial charge in [0.15, 0.2) is 0 Å². The zero-order chi connectivity index (χ0) is 14.4. The molecule has 20 heavy (non-hydrogen) atoms. The third kappa shape index (κ3) is 4.15. The molecule has 0 spiro atoms. The fourth-order valence-corrected chi connectivity index (χ4v) is 2.82. The van der Waals surface area contributed by atoms with Crippen molar-refractivity contribution < 1.29 is 9.53 Å². The van der Waals surface area contributed by atoms with Crippen molar-refractivity contribution in [3.63, 3.8) is 0 Å². The molecule has 110 valence electrons. The van der Waals surface area contributed by atoms with Crippen LogP contribution < -0.4 is 0 Å². The van der Waals surface area contributed by atoms with Crippen molar-refractivity contribution in [1.82, 2.24) is 9.80 Å². The average Bonchev–Trinajstić information content (AvgIpc) is 2.48. The molecule has 1 amide bonds. The first-order valence-corrected chi connectivity index (χ1v) is 8.22. The number of thioether (sulfide) groups is 1. The fourth-order valence-electron chi connectivity index (χ4n) is 2.33. The molecule has 0 N–H and O–H groups in total. The lowest BCUT2D eigenvalue weighted by atomic mass is 10.2. The Labute approximate surface area is 125 Å².